The van der Waals surface area contributed by atoms with Crippen LogP contribution in [0.4, 0.5) is 0 Å². The largest absolute Gasteiger partial charge is 0.457 e. The molecule has 1 radical (unpaired) electrons. The Morgan fingerprint density at radius 2 is 2.40 bits per heavy atom. The lowest BCUT2D eigenvalue weighted by atomic mass is 10.2. The lowest BCUT2D eigenvalue weighted by Crippen LogP contribution is -2.16. The third-order valence-corrected chi connectivity index (χ3v) is 1.25. The molecule has 0 aromatic carbocycles. The molecule has 0 N–H and O–H groups in total. The van der Waals surface area contributed by atoms with Crippen molar-refractivity contribution in [3.05, 3.63) is 0 Å². The maximum absolute atomic E-state index is 10.4. The van der Waals surface area contributed by atoms with Gasteiger partial charge in [0.05, 0.1) is 5.37 Å². The van der Waals surface area contributed by atoms with Crippen LogP contribution in [0, 0.1) is 0 Å². The molecule has 0 fully saturated rings. The molecule has 0 aliphatic rings. The number of carbonyl (C=O) groups is 1. The van der Waals surface area contributed by atoms with Crippen molar-refractivity contribution in [2.75, 3.05) is 0 Å². The molecule has 0 aromatic heterocycles. The van der Waals surface area contributed by atoms with Crippen molar-refractivity contribution in [3.8, 4) is 0 Å². The van der Waals surface area contributed by atoms with Gasteiger partial charge in [-0.3, -0.25) is 4.79 Å². The molecule has 2 nitrogen and oxygen atoms in total. The molecule has 0 amide bonds. The molecule has 1 atom stereocenters. The lowest BCUT2D eigenvalue weighted by molar-refractivity contribution is -0.143. The highest BCUT2D eigenvalue weighted by Gasteiger charge is 2.06. The highest BCUT2D eigenvalue weighted by molar-refractivity contribution is 7.79. The van der Waals surface area contributed by atoms with Gasteiger partial charge in [0.1, 0.15) is 6.10 Å². The molecule has 0 saturated carbocycles. The Kier molecular flexibility index (Phi) is 5.12. The summed E-state index contributed by atoms with van der Waals surface area (Å²) in [7, 11) is 0. The van der Waals surface area contributed by atoms with Gasteiger partial charge in [-0.2, -0.15) is 0 Å². The summed E-state index contributed by atoms with van der Waals surface area (Å²) in [5.74, 6) is -0.296. The van der Waals surface area contributed by atoms with Gasteiger partial charge in [0.25, 0.3) is 0 Å². The van der Waals surface area contributed by atoms with E-state index in [1.54, 1.807) is 0 Å². The average molecular weight is 159 g/mol. The van der Waals surface area contributed by atoms with Gasteiger partial charge in [0.15, 0.2) is 0 Å². The fourth-order valence-corrected chi connectivity index (χ4v) is 0.770. The van der Waals surface area contributed by atoms with Crippen molar-refractivity contribution in [1.29, 1.82) is 0 Å². The van der Waals surface area contributed by atoms with Crippen molar-refractivity contribution < 1.29 is 9.53 Å². The van der Waals surface area contributed by atoms with Crippen LogP contribution in [-0.4, -0.2) is 17.4 Å². The van der Waals surface area contributed by atoms with E-state index in [-0.39, 0.29) is 12.1 Å². The molecule has 0 bridgehead atoms. The standard InChI is InChI=1S/C7H11O2S/c1-3-4-7(5-10)9-6(2)8/h7H,3-4H2,1-2H3. The number of thiocarbonyl (C=S) groups is 1. The minimum atomic E-state index is -0.296. The van der Waals surface area contributed by atoms with Gasteiger partial charge in [-0.1, -0.05) is 25.6 Å². The fraction of sp³-hybridized carbons (Fsp3) is 0.714. The van der Waals surface area contributed by atoms with E-state index < -0.39 is 0 Å². The van der Waals surface area contributed by atoms with Crippen LogP contribution in [-0.2, 0) is 9.53 Å². The van der Waals surface area contributed by atoms with Crippen molar-refractivity contribution in [1.82, 2.24) is 0 Å². The summed E-state index contributed by atoms with van der Waals surface area (Å²) < 4.78 is 4.79. The molecule has 10 heavy (non-hydrogen) atoms. The molecule has 0 spiro atoms. The molecule has 0 rings (SSSR count). The summed E-state index contributed by atoms with van der Waals surface area (Å²) in [5.41, 5.74) is 0. The third kappa shape index (κ3) is 4.44. The van der Waals surface area contributed by atoms with Gasteiger partial charge in [0.2, 0.25) is 0 Å². The van der Waals surface area contributed by atoms with Crippen LogP contribution in [0.2, 0.25) is 0 Å². The second-order valence-electron chi connectivity index (χ2n) is 2.00. The number of ether oxygens (including phenoxy) is 1. The van der Waals surface area contributed by atoms with E-state index in [1.807, 2.05) is 6.92 Å². The van der Waals surface area contributed by atoms with Crippen molar-refractivity contribution >= 4 is 23.6 Å². The van der Waals surface area contributed by atoms with Gasteiger partial charge in [-0.15, -0.1) is 0 Å². The highest BCUT2D eigenvalue weighted by atomic mass is 32.1. The molecular weight excluding hydrogens is 148 g/mol. The zero-order chi connectivity index (χ0) is 7.98. The first-order valence-corrected chi connectivity index (χ1v) is 3.66. The fourth-order valence-electron chi connectivity index (χ4n) is 0.604. The first-order valence-electron chi connectivity index (χ1n) is 3.25. The maximum Gasteiger partial charge on any atom is 0.303 e. The Morgan fingerprint density at radius 1 is 1.80 bits per heavy atom. The van der Waals surface area contributed by atoms with Crippen LogP contribution in [0.5, 0.6) is 0 Å². The van der Waals surface area contributed by atoms with Crippen LogP contribution in [0.1, 0.15) is 26.7 Å². The molecule has 0 heterocycles. The molecule has 0 aromatic rings. The normalized spacial score (nSPS) is 12.2. The minimum Gasteiger partial charge on any atom is -0.457 e. The second-order valence-corrected chi connectivity index (χ2v) is 2.24. The molecule has 1 unspecified atom stereocenters. The zero-order valence-corrected chi connectivity index (χ0v) is 7.03. The van der Waals surface area contributed by atoms with Crippen LogP contribution in [0.3, 0.4) is 0 Å². The summed E-state index contributed by atoms with van der Waals surface area (Å²) in [6.45, 7) is 3.37. The first kappa shape index (κ1) is 9.56. The summed E-state index contributed by atoms with van der Waals surface area (Å²) in [6, 6.07) is 0. The average Bonchev–Trinajstić information content (AvgIpc) is 1.86. The van der Waals surface area contributed by atoms with Gasteiger partial charge in [0, 0.05) is 6.92 Å². The Bertz CT molecular complexity index is 123. The monoisotopic (exact) mass is 159 g/mol. The predicted molar refractivity (Wildman–Crippen MR) is 43.1 cm³/mol. The van der Waals surface area contributed by atoms with E-state index in [0.29, 0.717) is 0 Å². The molecule has 3 heteroatoms. The van der Waals surface area contributed by atoms with Gasteiger partial charge >= 0.3 is 5.97 Å². The maximum atomic E-state index is 10.4. The summed E-state index contributed by atoms with van der Waals surface area (Å²) in [5, 5.41) is 2.47. The summed E-state index contributed by atoms with van der Waals surface area (Å²) in [6.07, 6.45) is 1.42. The highest BCUT2D eigenvalue weighted by Crippen LogP contribution is 1.99. The van der Waals surface area contributed by atoms with E-state index in [0.717, 1.165) is 12.8 Å². The number of esters is 1. The second kappa shape index (κ2) is 5.35. The van der Waals surface area contributed by atoms with E-state index in [2.05, 4.69) is 17.6 Å². The van der Waals surface area contributed by atoms with Crippen LogP contribution >= 0.6 is 12.2 Å². The van der Waals surface area contributed by atoms with E-state index in [1.165, 1.54) is 6.92 Å². The van der Waals surface area contributed by atoms with Crippen LogP contribution in [0.15, 0.2) is 0 Å². The van der Waals surface area contributed by atoms with Gasteiger partial charge in [-0.25, -0.2) is 0 Å². The topological polar surface area (TPSA) is 26.3 Å². The predicted octanol–water partition coefficient (Wildman–Crippen LogP) is 1.59. The number of rotatable bonds is 4. The van der Waals surface area contributed by atoms with Crippen LogP contribution < -0.4 is 0 Å². The molecular formula is C7H11O2S. The van der Waals surface area contributed by atoms with E-state index >= 15 is 0 Å². The van der Waals surface area contributed by atoms with Crippen molar-refractivity contribution in [2.45, 2.75) is 32.8 Å². The Morgan fingerprint density at radius 3 is 2.70 bits per heavy atom. The SMILES string of the molecule is CCCC([C]=S)OC(C)=O. The van der Waals surface area contributed by atoms with Gasteiger partial charge in [-0.05, 0) is 6.42 Å². The molecule has 0 saturated heterocycles. The first-order chi connectivity index (χ1) is 4.70. The quantitative estimate of drug-likeness (QED) is 0.460. The number of hydrogen-bond acceptors (Lipinski definition) is 3. The summed E-state index contributed by atoms with van der Waals surface area (Å²) in [4.78, 5) is 10.4. The minimum absolute atomic E-state index is 0.294. The Balaban J connectivity index is 3.59. The van der Waals surface area contributed by atoms with Crippen LogP contribution in [0.25, 0.3) is 0 Å². The third-order valence-electron chi connectivity index (χ3n) is 0.991. The summed E-state index contributed by atoms with van der Waals surface area (Å²) >= 11 is 4.53. The van der Waals surface area contributed by atoms with Gasteiger partial charge < -0.3 is 4.74 Å². The van der Waals surface area contributed by atoms with E-state index in [4.69, 9.17) is 4.74 Å². The van der Waals surface area contributed by atoms with Crippen molar-refractivity contribution in [3.63, 3.8) is 0 Å². The Hall–Kier alpha value is -0.440. The lowest BCUT2D eigenvalue weighted by Gasteiger charge is -2.08. The van der Waals surface area contributed by atoms with E-state index in [9.17, 15) is 4.79 Å². The molecule has 57 valence electrons. The number of hydrogen-bond donors (Lipinski definition) is 0. The van der Waals surface area contributed by atoms with Crippen molar-refractivity contribution in [2.24, 2.45) is 0 Å². The molecule has 0 aliphatic heterocycles. The zero-order valence-electron chi connectivity index (χ0n) is 6.22. The smallest absolute Gasteiger partial charge is 0.303 e. The molecule has 0 aliphatic carbocycles. The number of carbonyl (C=O) groups excluding carboxylic acids is 1. The Labute approximate surface area is 66.6 Å².